The zero-order chi connectivity index (χ0) is 11.2. The van der Waals surface area contributed by atoms with Crippen LogP contribution in [-0.4, -0.2) is 18.5 Å². The summed E-state index contributed by atoms with van der Waals surface area (Å²) in [5.74, 6) is -0.752. The van der Waals surface area contributed by atoms with Gasteiger partial charge in [-0.15, -0.1) is 0 Å². The molecular formula is C12H19F3. The Bertz CT molecular complexity index is 229. The normalized spacial score (nSPS) is 56.2. The predicted molar refractivity (Wildman–Crippen MR) is 53.8 cm³/mol. The fraction of sp³-hybridized carbons (Fsp3) is 1.00. The van der Waals surface area contributed by atoms with Crippen LogP contribution in [0.5, 0.6) is 0 Å². The molecule has 0 nitrogen and oxygen atoms in total. The molecule has 7 unspecified atom stereocenters. The second kappa shape index (κ2) is 3.99. The van der Waals surface area contributed by atoms with Gasteiger partial charge in [0.1, 0.15) is 18.5 Å². The molecule has 0 N–H and O–H groups in total. The van der Waals surface area contributed by atoms with Crippen molar-refractivity contribution in [1.82, 2.24) is 0 Å². The molecule has 0 amide bonds. The van der Waals surface area contributed by atoms with Crippen LogP contribution in [0.2, 0.25) is 0 Å². The monoisotopic (exact) mass is 220 g/mol. The van der Waals surface area contributed by atoms with Crippen LogP contribution >= 0.6 is 0 Å². The molecule has 15 heavy (non-hydrogen) atoms. The lowest BCUT2D eigenvalue weighted by Crippen LogP contribution is -2.46. The first-order valence-corrected chi connectivity index (χ1v) is 5.93. The number of rotatable bonds is 0. The molecule has 2 aliphatic carbocycles. The third-order valence-corrected chi connectivity index (χ3v) is 4.40. The minimum absolute atomic E-state index is 0.0287. The van der Waals surface area contributed by atoms with E-state index in [1.165, 1.54) is 0 Å². The van der Waals surface area contributed by atoms with Crippen molar-refractivity contribution in [3.05, 3.63) is 0 Å². The average Bonchev–Trinajstić information content (AvgIpc) is 2.19. The zero-order valence-electron chi connectivity index (χ0n) is 9.30. The largest absolute Gasteiger partial charge is 0.247 e. The van der Waals surface area contributed by atoms with Crippen LogP contribution in [0.15, 0.2) is 0 Å². The summed E-state index contributed by atoms with van der Waals surface area (Å²) in [5.41, 5.74) is 0. The highest BCUT2D eigenvalue weighted by molar-refractivity contribution is 4.96. The molecule has 7 atom stereocenters. The maximum atomic E-state index is 13.9. The number of hydrogen-bond donors (Lipinski definition) is 0. The Morgan fingerprint density at radius 3 is 2.20 bits per heavy atom. The van der Waals surface area contributed by atoms with Crippen molar-refractivity contribution < 1.29 is 13.2 Å². The molecule has 0 saturated heterocycles. The van der Waals surface area contributed by atoms with Crippen LogP contribution in [-0.2, 0) is 0 Å². The van der Waals surface area contributed by atoms with Gasteiger partial charge in [0, 0.05) is 5.92 Å². The Labute approximate surface area is 89.2 Å². The third kappa shape index (κ3) is 1.90. The highest BCUT2D eigenvalue weighted by Crippen LogP contribution is 2.47. The Hall–Kier alpha value is -0.210. The fourth-order valence-corrected chi connectivity index (χ4v) is 3.24. The van der Waals surface area contributed by atoms with Crippen molar-refractivity contribution >= 4 is 0 Å². The molecule has 0 aromatic carbocycles. The first-order chi connectivity index (χ1) is 7.00. The summed E-state index contributed by atoms with van der Waals surface area (Å²) in [6.07, 6.45) is -1.70. The maximum Gasteiger partial charge on any atom is 0.109 e. The van der Waals surface area contributed by atoms with E-state index < -0.39 is 24.4 Å². The maximum absolute atomic E-state index is 13.9. The van der Waals surface area contributed by atoms with E-state index >= 15 is 0 Å². The lowest BCUT2D eigenvalue weighted by atomic mass is 9.63. The van der Waals surface area contributed by atoms with E-state index in [-0.39, 0.29) is 17.8 Å². The van der Waals surface area contributed by atoms with E-state index in [1.54, 1.807) is 6.92 Å². The van der Waals surface area contributed by atoms with Crippen LogP contribution in [0.3, 0.4) is 0 Å². The van der Waals surface area contributed by atoms with Gasteiger partial charge in [-0.1, -0.05) is 13.8 Å². The number of alkyl halides is 3. The van der Waals surface area contributed by atoms with E-state index in [0.717, 1.165) is 0 Å². The van der Waals surface area contributed by atoms with Gasteiger partial charge >= 0.3 is 0 Å². The van der Waals surface area contributed by atoms with Crippen molar-refractivity contribution in [2.75, 3.05) is 0 Å². The topological polar surface area (TPSA) is 0 Å². The molecule has 0 radical (unpaired) electrons. The summed E-state index contributed by atoms with van der Waals surface area (Å²) in [5, 5.41) is 0. The molecule has 2 saturated carbocycles. The quantitative estimate of drug-likeness (QED) is 0.584. The number of halogens is 3. The molecule has 88 valence electrons. The first kappa shape index (κ1) is 11.3. The van der Waals surface area contributed by atoms with Gasteiger partial charge in [-0.25, -0.2) is 13.2 Å². The number of fused-ring (bicyclic) bond motifs is 1. The van der Waals surface area contributed by atoms with Crippen LogP contribution in [0.25, 0.3) is 0 Å². The summed E-state index contributed by atoms with van der Waals surface area (Å²) in [6.45, 7) is 3.45. The third-order valence-electron chi connectivity index (χ3n) is 4.40. The Balaban J connectivity index is 2.11. The molecule has 0 bridgehead atoms. The molecule has 0 spiro atoms. The van der Waals surface area contributed by atoms with Gasteiger partial charge in [0.25, 0.3) is 0 Å². The van der Waals surface area contributed by atoms with Gasteiger partial charge in [-0.05, 0) is 37.0 Å². The molecule has 0 aromatic heterocycles. The van der Waals surface area contributed by atoms with Crippen molar-refractivity contribution in [3.8, 4) is 0 Å². The standard InChI is InChI=1S/C12H19F3/c1-6-3-8-4-11(14)7(2)12(15)9(8)5-10(6)13/h6-12H,3-5H2,1-2H3. The van der Waals surface area contributed by atoms with E-state index in [9.17, 15) is 13.2 Å². The van der Waals surface area contributed by atoms with Crippen molar-refractivity contribution in [1.29, 1.82) is 0 Å². The molecule has 0 aliphatic heterocycles. The number of hydrogen-bond acceptors (Lipinski definition) is 0. The second-order valence-corrected chi connectivity index (χ2v) is 5.44. The van der Waals surface area contributed by atoms with Gasteiger partial charge in [0.05, 0.1) is 0 Å². The van der Waals surface area contributed by atoms with Gasteiger partial charge in [0.2, 0.25) is 0 Å². The van der Waals surface area contributed by atoms with Crippen molar-refractivity contribution in [2.45, 2.75) is 51.6 Å². The summed E-state index contributed by atoms with van der Waals surface area (Å²) < 4.78 is 40.8. The van der Waals surface area contributed by atoms with Gasteiger partial charge in [-0.3, -0.25) is 0 Å². The Morgan fingerprint density at radius 2 is 1.53 bits per heavy atom. The summed E-state index contributed by atoms with van der Waals surface area (Å²) >= 11 is 0. The average molecular weight is 220 g/mol. The lowest BCUT2D eigenvalue weighted by molar-refractivity contribution is -0.0500. The van der Waals surface area contributed by atoms with Gasteiger partial charge in [0.15, 0.2) is 0 Å². The van der Waals surface area contributed by atoms with E-state index in [0.29, 0.717) is 19.3 Å². The molecule has 2 aliphatic rings. The van der Waals surface area contributed by atoms with Gasteiger partial charge in [-0.2, -0.15) is 0 Å². The van der Waals surface area contributed by atoms with Crippen LogP contribution in [0, 0.1) is 23.7 Å². The first-order valence-electron chi connectivity index (χ1n) is 5.93. The van der Waals surface area contributed by atoms with Crippen molar-refractivity contribution in [3.63, 3.8) is 0 Å². The van der Waals surface area contributed by atoms with E-state index in [2.05, 4.69) is 0 Å². The lowest BCUT2D eigenvalue weighted by Gasteiger charge is -2.45. The van der Waals surface area contributed by atoms with E-state index in [1.807, 2.05) is 6.92 Å². The summed E-state index contributed by atoms with van der Waals surface area (Å²) in [4.78, 5) is 0. The molecule has 3 heteroatoms. The highest BCUT2D eigenvalue weighted by Gasteiger charge is 2.47. The summed E-state index contributed by atoms with van der Waals surface area (Å²) in [6, 6.07) is 0. The summed E-state index contributed by atoms with van der Waals surface area (Å²) in [7, 11) is 0. The highest BCUT2D eigenvalue weighted by atomic mass is 19.1. The Morgan fingerprint density at radius 1 is 0.867 bits per heavy atom. The minimum atomic E-state index is -1.15. The zero-order valence-corrected chi connectivity index (χ0v) is 9.30. The second-order valence-electron chi connectivity index (χ2n) is 5.44. The molecule has 2 rings (SSSR count). The fourth-order valence-electron chi connectivity index (χ4n) is 3.24. The molecule has 2 fully saturated rings. The van der Waals surface area contributed by atoms with Crippen LogP contribution in [0.4, 0.5) is 13.2 Å². The molecule has 0 aromatic rings. The van der Waals surface area contributed by atoms with Gasteiger partial charge < -0.3 is 0 Å². The van der Waals surface area contributed by atoms with E-state index in [4.69, 9.17) is 0 Å². The van der Waals surface area contributed by atoms with Crippen molar-refractivity contribution in [2.24, 2.45) is 23.7 Å². The molecule has 0 heterocycles. The minimum Gasteiger partial charge on any atom is -0.247 e. The van der Waals surface area contributed by atoms with Crippen LogP contribution in [0.1, 0.15) is 33.1 Å². The predicted octanol–water partition coefficient (Wildman–Crippen LogP) is 3.70. The molecular weight excluding hydrogens is 201 g/mol. The van der Waals surface area contributed by atoms with Crippen LogP contribution < -0.4 is 0 Å². The smallest absolute Gasteiger partial charge is 0.109 e. The SMILES string of the molecule is CC1CC2CC(F)C(C)C(F)C2CC1F. The Kier molecular flexibility index (Phi) is 3.00.